The van der Waals surface area contributed by atoms with Gasteiger partial charge >= 0.3 is 5.97 Å². The van der Waals surface area contributed by atoms with Crippen LogP contribution in [0.25, 0.3) is 0 Å². The van der Waals surface area contributed by atoms with Gasteiger partial charge in [0.1, 0.15) is 5.75 Å². The third-order valence-corrected chi connectivity index (χ3v) is 5.46. The van der Waals surface area contributed by atoms with Crippen LogP contribution < -0.4 is 10.5 Å². The van der Waals surface area contributed by atoms with Crippen LogP contribution in [0.15, 0.2) is 64.8 Å². The number of thioether (sulfide) groups is 1. The maximum absolute atomic E-state index is 12.3. The largest absolute Gasteiger partial charge is 0.426 e. The Hall–Kier alpha value is -2.60. The van der Waals surface area contributed by atoms with E-state index in [0.29, 0.717) is 10.9 Å². The lowest BCUT2D eigenvalue weighted by Crippen LogP contribution is -2.22. The minimum absolute atomic E-state index is 0.0251. The van der Waals surface area contributed by atoms with Gasteiger partial charge in [-0.3, -0.25) is 4.79 Å². The van der Waals surface area contributed by atoms with Crippen LogP contribution in [0.2, 0.25) is 0 Å². The maximum atomic E-state index is 12.3. The van der Waals surface area contributed by atoms with Crippen LogP contribution in [0, 0.1) is 5.92 Å². The highest BCUT2D eigenvalue weighted by Gasteiger charge is 2.22. The van der Waals surface area contributed by atoms with Crippen molar-refractivity contribution in [2.24, 2.45) is 21.9 Å². The molecule has 5 nitrogen and oxygen atoms in total. The maximum Gasteiger partial charge on any atom is 0.314 e. The van der Waals surface area contributed by atoms with Gasteiger partial charge in [0.05, 0.1) is 12.1 Å². The molecule has 0 heterocycles. The molecule has 2 aromatic carbocycles. The number of benzene rings is 2. The zero-order valence-corrected chi connectivity index (χ0v) is 16.6. The number of hydrogen-bond acceptors (Lipinski definition) is 5. The topological polar surface area (TPSA) is 77.0 Å². The molecule has 0 saturated heterocycles. The number of hydrogen-bond donors (Lipinski definition) is 1. The molecule has 1 aliphatic carbocycles. The van der Waals surface area contributed by atoms with Gasteiger partial charge in [-0.2, -0.15) is 5.10 Å². The molecule has 28 heavy (non-hydrogen) atoms. The first kappa shape index (κ1) is 20.1. The Morgan fingerprint density at radius 1 is 1.11 bits per heavy atom. The third kappa shape index (κ3) is 6.53. The average molecular weight is 396 g/mol. The van der Waals surface area contributed by atoms with Crippen molar-refractivity contribution < 1.29 is 9.53 Å². The van der Waals surface area contributed by atoms with Crippen LogP contribution >= 0.6 is 11.8 Å². The normalized spacial score (nSPS) is 15.6. The lowest BCUT2D eigenvalue weighted by molar-refractivity contribution is -0.139. The number of carbonyl (C=O) groups excluding carboxylic acids is 1. The summed E-state index contributed by atoms with van der Waals surface area (Å²) in [4.78, 5) is 12.3. The first-order valence-corrected chi connectivity index (χ1v) is 10.5. The van der Waals surface area contributed by atoms with Crippen LogP contribution in [0.4, 0.5) is 0 Å². The summed E-state index contributed by atoms with van der Waals surface area (Å²) >= 11 is 1.44. The van der Waals surface area contributed by atoms with Crippen molar-refractivity contribution in [3.8, 4) is 5.75 Å². The number of nitrogens with zero attached hydrogens (tertiary/aromatic N) is 2. The number of nitrogens with two attached hydrogens (primary N) is 1. The van der Waals surface area contributed by atoms with Gasteiger partial charge in [-0.1, -0.05) is 73.5 Å². The van der Waals surface area contributed by atoms with Gasteiger partial charge in [-0.05, 0) is 36.1 Å². The Kier molecular flexibility index (Phi) is 7.67. The van der Waals surface area contributed by atoms with Crippen LogP contribution in [0.5, 0.6) is 5.75 Å². The van der Waals surface area contributed by atoms with Gasteiger partial charge in [0.25, 0.3) is 0 Å². The number of esters is 1. The summed E-state index contributed by atoms with van der Waals surface area (Å²) in [6.45, 7) is 0. The average Bonchev–Trinajstić information content (AvgIpc) is 2.74. The standard InChI is InChI=1S/C22H25N3O2S/c23-22(28-16-17-8-3-1-4-9-17)25-24-15-18-10-7-13-20(14-18)27-21(26)19-11-5-2-6-12-19/h1,3-4,7-10,13-15,19H,2,5-6,11-12,16H2,(H2,23,25). The van der Waals surface area contributed by atoms with Gasteiger partial charge in [-0.25, -0.2) is 0 Å². The van der Waals surface area contributed by atoms with Crippen molar-refractivity contribution >= 4 is 29.1 Å². The smallest absolute Gasteiger partial charge is 0.314 e. The summed E-state index contributed by atoms with van der Waals surface area (Å²) in [7, 11) is 0. The third-order valence-electron chi connectivity index (χ3n) is 4.61. The number of rotatable bonds is 6. The molecule has 0 radical (unpaired) electrons. The molecular weight excluding hydrogens is 370 g/mol. The second-order valence-electron chi connectivity index (χ2n) is 6.79. The molecule has 1 aliphatic rings. The Labute approximate surface area is 170 Å². The van der Waals surface area contributed by atoms with E-state index in [1.165, 1.54) is 23.7 Å². The number of amidine groups is 1. The Morgan fingerprint density at radius 2 is 1.89 bits per heavy atom. The fraction of sp³-hybridized carbons (Fsp3) is 0.318. The monoisotopic (exact) mass is 395 g/mol. The lowest BCUT2D eigenvalue weighted by atomic mass is 9.89. The molecule has 1 saturated carbocycles. The Balaban J connectivity index is 1.52. The molecule has 0 aromatic heterocycles. The highest BCUT2D eigenvalue weighted by Crippen LogP contribution is 2.25. The number of carbonyl (C=O) groups is 1. The van der Waals surface area contributed by atoms with E-state index in [1.807, 2.05) is 42.5 Å². The van der Waals surface area contributed by atoms with Crippen molar-refractivity contribution in [1.82, 2.24) is 0 Å². The molecule has 1 fully saturated rings. The Bertz CT molecular complexity index is 831. The first-order chi connectivity index (χ1) is 13.7. The van der Waals surface area contributed by atoms with Gasteiger partial charge in [0.15, 0.2) is 5.17 Å². The van der Waals surface area contributed by atoms with Crippen LogP contribution in [-0.4, -0.2) is 17.4 Å². The summed E-state index contributed by atoms with van der Waals surface area (Å²) < 4.78 is 5.54. The zero-order chi connectivity index (χ0) is 19.6. The van der Waals surface area contributed by atoms with E-state index in [0.717, 1.165) is 37.0 Å². The van der Waals surface area contributed by atoms with Crippen molar-refractivity contribution in [3.05, 3.63) is 65.7 Å². The van der Waals surface area contributed by atoms with Crippen molar-refractivity contribution in [2.45, 2.75) is 37.9 Å². The summed E-state index contributed by atoms with van der Waals surface area (Å²) in [6, 6.07) is 17.3. The molecule has 146 valence electrons. The summed E-state index contributed by atoms with van der Waals surface area (Å²) in [6.07, 6.45) is 6.88. The molecule has 0 atom stereocenters. The molecule has 3 rings (SSSR count). The lowest BCUT2D eigenvalue weighted by Gasteiger charge is -2.19. The van der Waals surface area contributed by atoms with Gasteiger partial charge < -0.3 is 10.5 Å². The van der Waals surface area contributed by atoms with E-state index in [-0.39, 0.29) is 11.9 Å². The van der Waals surface area contributed by atoms with Crippen LogP contribution in [0.3, 0.4) is 0 Å². The van der Waals surface area contributed by atoms with E-state index in [9.17, 15) is 4.79 Å². The van der Waals surface area contributed by atoms with Crippen molar-refractivity contribution in [2.75, 3.05) is 0 Å². The molecule has 6 heteroatoms. The van der Waals surface area contributed by atoms with E-state index in [4.69, 9.17) is 10.5 Å². The van der Waals surface area contributed by atoms with Crippen LogP contribution in [-0.2, 0) is 10.5 Å². The molecule has 2 aromatic rings. The van der Waals surface area contributed by atoms with E-state index >= 15 is 0 Å². The highest BCUT2D eigenvalue weighted by atomic mass is 32.2. The van der Waals surface area contributed by atoms with E-state index in [1.54, 1.807) is 18.3 Å². The fourth-order valence-corrected chi connectivity index (χ4v) is 3.72. The summed E-state index contributed by atoms with van der Waals surface area (Å²) in [5.74, 6) is 1.18. The molecule has 2 N–H and O–H groups in total. The Morgan fingerprint density at radius 3 is 2.68 bits per heavy atom. The quantitative estimate of drug-likeness (QED) is 0.252. The molecular formula is C22H25N3O2S. The zero-order valence-electron chi connectivity index (χ0n) is 15.8. The predicted octanol–water partition coefficient (Wildman–Crippen LogP) is 4.75. The molecule has 0 amide bonds. The second-order valence-corrected chi connectivity index (χ2v) is 7.78. The minimum atomic E-state index is -0.131. The predicted molar refractivity (Wildman–Crippen MR) is 116 cm³/mol. The van der Waals surface area contributed by atoms with Crippen molar-refractivity contribution in [3.63, 3.8) is 0 Å². The molecule has 0 bridgehead atoms. The van der Waals surface area contributed by atoms with Gasteiger partial charge in [-0.15, -0.1) is 5.10 Å². The number of ether oxygens (including phenoxy) is 1. The second kappa shape index (κ2) is 10.7. The molecule has 0 aliphatic heterocycles. The van der Waals surface area contributed by atoms with Gasteiger partial charge in [0.2, 0.25) is 0 Å². The van der Waals surface area contributed by atoms with E-state index < -0.39 is 0 Å². The highest BCUT2D eigenvalue weighted by molar-refractivity contribution is 8.13. The molecule has 0 spiro atoms. The van der Waals surface area contributed by atoms with Gasteiger partial charge in [0, 0.05) is 5.75 Å². The fourth-order valence-electron chi connectivity index (χ4n) is 3.11. The SMILES string of the molecule is NC(=NN=Cc1cccc(OC(=O)C2CCCCC2)c1)SCc1ccccc1. The summed E-state index contributed by atoms with van der Waals surface area (Å²) in [5.41, 5.74) is 7.88. The first-order valence-electron chi connectivity index (χ1n) is 9.56. The van der Waals surface area contributed by atoms with E-state index in [2.05, 4.69) is 10.2 Å². The minimum Gasteiger partial charge on any atom is -0.426 e. The summed E-state index contributed by atoms with van der Waals surface area (Å²) in [5, 5.41) is 8.46. The van der Waals surface area contributed by atoms with Crippen molar-refractivity contribution in [1.29, 1.82) is 0 Å². The molecule has 0 unspecified atom stereocenters. The van der Waals surface area contributed by atoms with Crippen LogP contribution in [0.1, 0.15) is 43.2 Å².